The highest BCUT2D eigenvalue weighted by Gasteiger charge is 2.42. The minimum atomic E-state index is -0.670. The number of hydrogen-bond donors (Lipinski definition) is 1. The van der Waals surface area contributed by atoms with Crippen molar-refractivity contribution in [2.75, 3.05) is 0 Å². The second-order valence-corrected chi connectivity index (χ2v) is 7.66. The van der Waals surface area contributed by atoms with E-state index in [1.807, 2.05) is 12.1 Å². The van der Waals surface area contributed by atoms with Crippen LogP contribution < -0.4 is 5.43 Å². The summed E-state index contributed by atoms with van der Waals surface area (Å²) in [5.74, 6) is -0.262. The number of fused-ring (bicyclic) bond motifs is 2. The summed E-state index contributed by atoms with van der Waals surface area (Å²) in [7, 11) is 0. The molecule has 1 atom stereocenters. The number of aromatic hydroxyl groups is 1. The number of carbonyl (C=O) groups is 1. The zero-order valence-corrected chi connectivity index (χ0v) is 16.5. The molecule has 5 rings (SSSR count). The van der Waals surface area contributed by atoms with Crippen molar-refractivity contribution in [3.05, 3.63) is 110 Å². The van der Waals surface area contributed by atoms with Gasteiger partial charge in [0.2, 0.25) is 5.76 Å². The first-order valence-electron chi connectivity index (χ1n) is 9.43. The Hall–Kier alpha value is -3.57. The first kappa shape index (κ1) is 18.5. The van der Waals surface area contributed by atoms with Crippen molar-refractivity contribution in [3.63, 3.8) is 0 Å². The normalized spacial score (nSPS) is 15.6. The van der Waals surface area contributed by atoms with Crippen LogP contribution in [0.25, 0.3) is 11.0 Å². The monoisotopic (exact) mass is 417 g/mol. The number of benzene rings is 3. The number of amides is 1. The van der Waals surface area contributed by atoms with Crippen molar-refractivity contribution in [2.24, 2.45) is 0 Å². The first-order valence-corrected chi connectivity index (χ1v) is 9.81. The van der Waals surface area contributed by atoms with Crippen LogP contribution in [0.5, 0.6) is 5.75 Å². The third kappa shape index (κ3) is 2.95. The van der Waals surface area contributed by atoms with Crippen LogP contribution in [0, 0.1) is 0 Å². The van der Waals surface area contributed by atoms with Crippen molar-refractivity contribution in [1.29, 1.82) is 0 Å². The highest BCUT2D eigenvalue weighted by Crippen LogP contribution is 2.39. The Morgan fingerprint density at radius 2 is 1.73 bits per heavy atom. The van der Waals surface area contributed by atoms with E-state index in [4.69, 9.17) is 16.0 Å². The summed E-state index contributed by atoms with van der Waals surface area (Å²) in [6.45, 7) is 0.260. The van der Waals surface area contributed by atoms with E-state index in [1.54, 1.807) is 65.6 Å². The number of nitrogens with zero attached hydrogens (tertiary/aromatic N) is 1. The fraction of sp³-hybridized carbons (Fsp3) is 0.0833. The van der Waals surface area contributed by atoms with Crippen molar-refractivity contribution >= 4 is 28.5 Å². The molecule has 0 radical (unpaired) electrons. The number of carbonyl (C=O) groups excluding carboxylic acids is 1. The zero-order chi connectivity index (χ0) is 20.8. The molecule has 6 heteroatoms. The Balaban J connectivity index is 1.72. The molecule has 3 aromatic carbocycles. The van der Waals surface area contributed by atoms with Crippen LogP contribution in [-0.4, -0.2) is 15.9 Å². The number of hydrogen-bond acceptors (Lipinski definition) is 4. The molecular formula is C24H16ClNO4. The minimum absolute atomic E-state index is 0.0426. The first-order chi connectivity index (χ1) is 14.5. The molecule has 5 nitrogen and oxygen atoms in total. The van der Waals surface area contributed by atoms with Gasteiger partial charge in [-0.05, 0) is 47.5 Å². The van der Waals surface area contributed by atoms with Gasteiger partial charge in [0.15, 0.2) is 5.43 Å². The van der Waals surface area contributed by atoms with Crippen LogP contribution >= 0.6 is 11.6 Å². The molecule has 0 saturated heterocycles. The molecule has 0 spiro atoms. The maximum atomic E-state index is 13.4. The van der Waals surface area contributed by atoms with Crippen molar-refractivity contribution < 1.29 is 14.3 Å². The van der Waals surface area contributed by atoms with E-state index in [0.717, 1.165) is 5.56 Å². The Labute approximate surface area is 176 Å². The van der Waals surface area contributed by atoms with Crippen molar-refractivity contribution in [2.45, 2.75) is 12.6 Å². The van der Waals surface area contributed by atoms with Gasteiger partial charge in [0.05, 0.1) is 17.0 Å². The predicted octanol–water partition coefficient (Wildman–Crippen LogP) is 4.90. The average molecular weight is 418 g/mol. The topological polar surface area (TPSA) is 70.8 Å². The van der Waals surface area contributed by atoms with E-state index in [2.05, 4.69) is 0 Å². The molecule has 4 aromatic rings. The predicted molar refractivity (Wildman–Crippen MR) is 114 cm³/mol. The van der Waals surface area contributed by atoms with Crippen LogP contribution in [0.15, 0.2) is 82.0 Å². The van der Waals surface area contributed by atoms with E-state index >= 15 is 0 Å². The highest BCUT2D eigenvalue weighted by molar-refractivity contribution is 6.30. The molecule has 1 amide bonds. The molecule has 1 unspecified atom stereocenters. The molecule has 0 bridgehead atoms. The van der Waals surface area contributed by atoms with E-state index in [1.165, 1.54) is 0 Å². The number of halogens is 1. The molecule has 2 heterocycles. The van der Waals surface area contributed by atoms with E-state index in [9.17, 15) is 14.7 Å². The van der Waals surface area contributed by atoms with Gasteiger partial charge in [0.1, 0.15) is 11.3 Å². The van der Waals surface area contributed by atoms with Gasteiger partial charge in [-0.3, -0.25) is 9.59 Å². The molecule has 1 aliphatic heterocycles. The molecule has 148 valence electrons. The fourth-order valence-electron chi connectivity index (χ4n) is 3.96. The smallest absolute Gasteiger partial charge is 0.291 e. The number of phenolic OH excluding ortho intramolecular Hbond substituents is 1. The molecule has 1 aliphatic rings. The molecule has 1 aromatic heterocycles. The molecule has 30 heavy (non-hydrogen) atoms. The van der Waals surface area contributed by atoms with Gasteiger partial charge < -0.3 is 14.4 Å². The number of rotatable bonds is 3. The third-order valence-electron chi connectivity index (χ3n) is 5.33. The van der Waals surface area contributed by atoms with Gasteiger partial charge in [-0.1, -0.05) is 48.0 Å². The zero-order valence-electron chi connectivity index (χ0n) is 15.7. The summed E-state index contributed by atoms with van der Waals surface area (Å²) < 4.78 is 5.89. The maximum absolute atomic E-state index is 13.4. The van der Waals surface area contributed by atoms with E-state index in [-0.39, 0.29) is 29.4 Å². The lowest BCUT2D eigenvalue weighted by Crippen LogP contribution is -2.29. The average Bonchev–Trinajstić information content (AvgIpc) is 3.02. The lowest BCUT2D eigenvalue weighted by atomic mass is 9.98. The summed E-state index contributed by atoms with van der Waals surface area (Å²) in [6, 6.07) is 20.0. The van der Waals surface area contributed by atoms with E-state index in [0.29, 0.717) is 27.1 Å². The molecule has 1 N–H and O–H groups in total. The SMILES string of the molecule is O=C1c2oc3ccccc3c(=O)c2C(c2cccc(O)c2)N1Cc1ccc(Cl)cc1. The molecule has 0 saturated carbocycles. The van der Waals surface area contributed by atoms with Gasteiger partial charge in [-0.15, -0.1) is 0 Å². The van der Waals surface area contributed by atoms with Crippen LogP contribution in [0.3, 0.4) is 0 Å². The number of phenols is 1. The third-order valence-corrected chi connectivity index (χ3v) is 5.58. The minimum Gasteiger partial charge on any atom is -0.508 e. The van der Waals surface area contributed by atoms with Crippen LogP contribution in [0.1, 0.15) is 33.3 Å². The maximum Gasteiger partial charge on any atom is 0.291 e. The Kier molecular flexibility index (Phi) is 4.33. The second kappa shape index (κ2) is 7.04. The van der Waals surface area contributed by atoms with Gasteiger partial charge in [0.25, 0.3) is 5.91 Å². The number of para-hydroxylation sites is 1. The summed E-state index contributed by atoms with van der Waals surface area (Å²) in [5.41, 5.74) is 1.92. The van der Waals surface area contributed by atoms with Crippen LogP contribution in [0.2, 0.25) is 5.02 Å². The Bertz CT molecular complexity index is 1340. The summed E-state index contributed by atoms with van der Waals surface area (Å²) in [6.07, 6.45) is 0. The highest BCUT2D eigenvalue weighted by atomic mass is 35.5. The van der Waals surface area contributed by atoms with Gasteiger partial charge in [-0.2, -0.15) is 0 Å². The Morgan fingerprint density at radius 3 is 2.50 bits per heavy atom. The standard InChI is InChI=1S/C24H16ClNO4/c25-16-10-8-14(9-11-16)13-26-21(15-4-3-5-17(27)12-15)20-22(28)18-6-1-2-7-19(18)30-23(20)24(26)29/h1-12,21,27H,13H2. The lowest BCUT2D eigenvalue weighted by Gasteiger charge is -2.25. The van der Waals surface area contributed by atoms with Gasteiger partial charge in [0, 0.05) is 11.6 Å². The van der Waals surface area contributed by atoms with Crippen LogP contribution in [0.4, 0.5) is 0 Å². The summed E-state index contributed by atoms with van der Waals surface area (Å²) in [4.78, 5) is 28.3. The van der Waals surface area contributed by atoms with Crippen molar-refractivity contribution in [3.8, 4) is 5.75 Å². The second-order valence-electron chi connectivity index (χ2n) is 7.23. The summed E-state index contributed by atoms with van der Waals surface area (Å²) >= 11 is 5.99. The lowest BCUT2D eigenvalue weighted by molar-refractivity contribution is 0.0714. The quantitative estimate of drug-likeness (QED) is 0.514. The summed E-state index contributed by atoms with van der Waals surface area (Å²) in [5, 5.41) is 11.0. The van der Waals surface area contributed by atoms with Crippen LogP contribution in [-0.2, 0) is 6.54 Å². The Morgan fingerprint density at radius 1 is 0.967 bits per heavy atom. The fourth-order valence-corrected chi connectivity index (χ4v) is 4.08. The molecule has 0 fully saturated rings. The van der Waals surface area contributed by atoms with E-state index < -0.39 is 6.04 Å². The van der Waals surface area contributed by atoms with Gasteiger partial charge >= 0.3 is 0 Å². The molecular weight excluding hydrogens is 402 g/mol. The van der Waals surface area contributed by atoms with Gasteiger partial charge in [-0.25, -0.2) is 0 Å². The largest absolute Gasteiger partial charge is 0.508 e. The van der Waals surface area contributed by atoms with Crippen molar-refractivity contribution in [1.82, 2.24) is 4.90 Å². The molecule has 0 aliphatic carbocycles.